The van der Waals surface area contributed by atoms with Crippen LogP contribution in [0.3, 0.4) is 0 Å². The first-order valence-corrected chi connectivity index (χ1v) is 8.30. The van der Waals surface area contributed by atoms with Gasteiger partial charge in [0, 0.05) is 25.6 Å². The summed E-state index contributed by atoms with van der Waals surface area (Å²) in [7, 11) is 1.80. The second kappa shape index (κ2) is 6.35. The molecule has 0 saturated carbocycles. The van der Waals surface area contributed by atoms with Gasteiger partial charge in [0.2, 0.25) is 0 Å². The molecular formula is C16H24N6O2. The zero-order valence-electron chi connectivity index (χ0n) is 14.8. The summed E-state index contributed by atoms with van der Waals surface area (Å²) in [6.07, 6.45) is 0.685. The Morgan fingerprint density at radius 2 is 2.17 bits per heavy atom. The molecule has 0 aromatic carbocycles. The minimum atomic E-state index is -0.129. The van der Waals surface area contributed by atoms with Gasteiger partial charge in [-0.15, -0.1) is 5.10 Å². The van der Waals surface area contributed by atoms with Crippen LogP contribution in [0.25, 0.3) is 0 Å². The van der Waals surface area contributed by atoms with Crippen molar-refractivity contribution < 1.29 is 9.53 Å². The topological polar surface area (TPSA) is 86.9 Å². The Hall–Kier alpha value is -2.22. The summed E-state index contributed by atoms with van der Waals surface area (Å²) in [5, 5.41) is 15.6. The fraction of sp³-hybridized carbons (Fsp3) is 0.625. The van der Waals surface area contributed by atoms with Gasteiger partial charge in [0.25, 0.3) is 5.91 Å². The highest BCUT2D eigenvalue weighted by Gasteiger charge is 2.31. The van der Waals surface area contributed by atoms with Crippen LogP contribution in [-0.4, -0.2) is 36.8 Å². The van der Waals surface area contributed by atoms with Gasteiger partial charge in [-0.3, -0.25) is 9.48 Å². The summed E-state index contributed by atoms with van der Waals surface area (Å²) in [6.45, 7) is 9.00. The van der Waals surface area contributed by atoms with E-state index in [1.54, 1.807) is 16.4 Å². The minimum Gasteiger partial charge on any atom is -0.369 e. The lowest BCUT2D eigenvalue weighted by Gasteiger charge is -2.24. The van der Waals surface area contributed by atoms with Gasteiger partial charge in [0.15, 0.2) is 0 Å². The molecule has 130 valence electrons. The number of aromatic nitrogens is 5. The second-order valence-electron chi connectivity index (χ2n) is 6.25. The third-order valence-corrected chi connectivity index (χ3v) is 4.45. The van der Waals surface area contributed by atoms with Gasteiger partial charge < -0.3 is 10.1 Å². The number of fused-ring (bicyclic) bond motifs is 1. The molecule has 1 aliphatic heterocycles. The molecule has 0 aliphatic carbocycles. The highest BCUT2D eigenvalue weighted by atomic mass is 16.5. The van der Waals surface area contributed by atoms with Crippen LogP contribution in [0.4, 0.5) is 0 Å². The highest BCUT2D eigenvalue weighted by molar-refractivity contribution is 5.94. The molecule has 1 amide bonds. The summed E-state index contributed by atoms with van der Waals surface area (Å²) >= 11 is 0. The summed E-state index contributed by atoms with van der Waals surface area (Å²) in [4.78, 5) is 12.8. The first-order valence-electron chi connectivity index (χ1n) is 8.30. The lowest BCUT2D eigenvalue weighted by molar-refractivity contribution is -0.00710. The van der Waals surface area contributed by atoms with Gasteiger partial charge in [-0.25, -0.2) is 4.68 Å². The van der Waals surface area contributed by atoms with Crippen molar-refractivity contribution in [2.45, 2.75) is 59.4 Å². The Labute approximate surface area is 141 Å². The van der Waals surface area contributed by atoms with Crippen LogP contribution in [0.2, 0.25) is 0 Å². The molecule has 8 heteroatoms. The van der Waals surface area contributed by atoms with E-state index in [4.69, 9.17) is 4.74 Å². The van der Waals surface area contributed by atoms with E-state index in [-0.39, 0.29) is 18.1 Å². The molecule has 1 aliphatic rings. The molecule has 0 fully saturated rings. The molecule has 2 aromatic rings. The highest BCUT2D eigenvalue weighted by Crippen LogP contribution is 2.31. The molecule has 24 heavy (non-hydrogen) atoms. The molecule has 0 spiro atoms. The fourth-order valence-corrected chi connectivity index (χ4v) is 3.29. The maximum atomic E-state index is 12.8. The Morgan fingerprint density at radius 3 is 2.88 bits per heavy atom. The number of carbonyl (C=O) groups is 1. The van der Waals surface area contributed by atoms with E-state index in [1.807, 2.05) is 27.7 Å². The molecule has 8 nitrogen and oxygen atoms in total. The zero-order chi connectivity index (χ0) is 17.4. The van der Waals surface area contributed by atoms with E-state index >= 15 is 0 Å². The van der Waals surface area contributed by atoms with Gasteiger partial charge in [-0.2, -0.15) is 5.10 Å². The minimum absolute atomic E-state index is 0.0798. The summed E-state index contributed by atoms with van der Waals surface area (Å²) in [5.74, 6) is -0.129. The predicted octanol–water partition coefficient (Wildman–Crippen LogP) is 1.29. The largest absolute Gasteiger partial charge is 0.369 e. The standard InChI is InChI=1S/C16H24N6O2/c1-6-22-13(10(3)18-20-22)8-17-16(23)15-12-7-9(2)24-11(4)14(12)19-21(15)5/h9,11H,6-8H2,1-5H3,(H,17,23)/t9-,11+/m1/s1. The number of rotatable bonds is 4. The monoisotopic (exact) mass is 332 g/mol. The van der Waals surface area contributed by atoms with E-state index in [0.717, 1.165) is 29.2 Å². The van der Waals surface area contributed by atoms with Gasteiger partial charge in [0.1, 0.15) is 5.69 Å². The number of aryl methyl sites for hydroxylation is 3. The predicted molar refractivity (Wildman–Crippen MR) is 87.5 cm³/mol. The quantitative estimate of drug-likeness (QED) is 0.912. The number of nitrogens with one attached hydrogen (secondary N) is 1. The number of carbonyl (C=O) groups excluding carboxylic acids is 1. The fourth-order valence-electron chi connectivity index (χ4n) is 3.29. The first kappa shape index (κ1) is 16.6. The lowest BCUT2D eigenvalue weighted by Crippen LogP contribution is -2.29. The van der Waals surface area contributed by atoms with Crippen molar-refractivity contribution in [1.29, 1.82) is 0 Å². The number of hydrogen-bond donors (Lipinski definition) is 1. The molecule has 2 atom stereocenters. The molecule has 0 saturated heterocycles. The van der Waals surface area contributed by atoms with Gasteiger partial charge in [-0.1, -0.05) is 5.21 Å². The van der Waals surface area contributed by atoms with Crippen LogP contribution in [0.5, 0.6) is 0 Å². The van der Waals surface area contributed by atoms with Gasteiger partial charge in [0.05, 0.1) is 35.8 Å². The Bertz CT molecular complexity index is 763. The van der Waals surface area contributed by atoms with E-state index in [9.17, 15) is 4.79 Å². The van der Waals surface area contributed by atoms with Crippen molar-refractivity contribution in [3.8, 4) is 0 Å². The van der Waals surface area contributed by atoms with E-state index < -0.39 is 0 Å². The molecule has 1 N–H and O–H groups in total. The van der Waals surface area contributed by atoms with Crippen molar-refractivity contribution in [3.63, 3.8) is 0 Å². The maximum Gasteiger partial charge on any atom is 0.270 e. The van der Waals surface area contributed by atoms with Crippen LogP contribution in [-0.2, 0) is 31.3 Å². The normalized spacial score (nSPS) is 20.0. The third-order valence-electron chi connectivity index (χ3n) is 4.45. The SMILES string of the molecule is CCn1nnc(C)c1CNC(=O)c1c2c(nn1C)[C@H](C)O[C@H](C)C2. The maximum absolute atomic E-state index is 12.8. The smallest absolute Gasteiger partial charge is 0.270 e. The Morgan fingerprint density at radius 1 is 1.42 bits per heavy atom. The molecule has 0 unspecified atom stereocenters. The van der Waals surface area contributed by atoms with Crippen molar-refractivity contribution >= 4 is 5.91 Å². The first-order chi connectivity index (χ1) is 11.4. The molecule has 0 bridgehead atoms. The second-order valence-corrected chi connectivity index (χ2v) is 6.25. The Balaban J connectivity index is 1.82. The van der Waals surface area contributed by atoms with Crippen LogP contribution in [0, 0.1) is 6.92 Å². The number of ether oxygens (including phenoxy) is 1. The molecule has 3 rings (SSSR count). The molecule has 2 aromatic heterocycles. The average molecular weight is 332 g/mol. The van der Waals surface area contributed by atoms with Gasteiger partial charge >= 0.3 is 0 Å². The molecule has 3 heterocycles. The molecule has 0 radical (unpaired) electrons. The summed E-state index contributed by atoms with van der Waals surface area (Å²) in [6, 6.07) is 0. The number of amides is 1. The van der Waals surface area contributed by atoms with E-state index in [0.29, 0.717) is 18.7 Å². The Kier molecular flexibility index (Phi) is 4.40. The average Bonchev–Trinajstić information content (AvgIpc) is 3.04. The van der Waals surface area contributed by atoms with Crippen LogP contribution in [0.15, 0.2) is 0 Å². The van der Waals surface area contributed by atoms with Crippen LogP contribution >= 0.6 is 0 Å². The van der Waals surface area contributed by atoms with Crippen molar-refractivity contribution in [1.82, 2.24) is 30.1 Å². The molecular weight excluding hydrogens is 308 g/mol. The number of nitrogens with zero attached hydrogens (tertiary/aromatic N) is 5. The van der Waals surface area contributed by atoms with Crippen LogP contribution < -0.4 is 5.32 Å². The van der Waals surface area contributed by atoms with E-state index in [2.05, 4.69) is 20.7 Å². The summed E-state index contributed by atoms with van der Waals surface area (Å²) < 4.78 is 9.25. The summed E-state index contributed by atoms with van der Waals surface area (Å²) in [5.41, 5.74) is 4.21. The van der Waals surface area contributed by atoms with E-state index in [1.165, 1.54) is 0 Å². The lowest BCUT2D eigenvalue weighted by atomic mass is 9.99. The zero-order valence-corrected chi connectivity index (χ0v) is 14.8. The van der Waals surface area contributed by atoms with Crippen molar-refractivity contribution in [2.24, 2.45) is 7.05 Å². The van der Waals surface area contributed by atoms with Crippen molar-refractivity contribution in [3.05, 3.63) is 28.3 Å². The van der Waals surface area contributed by atoms with Gasteiger partial charge in [-0.05, 0) is 27.7 Å². The number of hydrogen-bond acceptors (Lipinski definition) is 5. The van der Waals surface area contributed by atoms with Crippen LogP contribution in [0.1, 0.15) is 60.0 Å². The van der Waals surface area contributed by atoms with Crippen molar-refractivity contribution in [2.75, 3.05) is 0 Å². The third kappa shape index (κ3) is 2.82.